The number of rotatable bonds is 11. The topological polar surface area (TPSA) is 72.7 Å². The lowest BCUT2D eigenvalue weighted by molar-refractivity contribution is -0.113. The Balaban J connectivity index is 1.49. The number of unbranched alkanes of at least 4 members (excludes halogenated alkanes) is 4. The van der Waals surface area contributed by atoms with Crippen molar-refractivity contribution < 1.29 is 4.79 Å². The first-order valence-corrected chi connectivity index (χ1v) is 12.2. The standard InChI is InChI=1S/C22H29N5OS2/c1-4-5-6-7-11-14-18-25-26-22(27(18)3)29-15-19(28)23-21-24-20(16(2)30-21)17-12-9-8-10-13-17/h8-10,12-13H,4-7,11,14-15H2,1-3H3,(H,23,24,28). The van der Waals surface area contributed by atoms with Gasteiger partial charge in [0.15, 0.2) is 10.3 Å². The highest BCUT2D eigenvalue weighted by Crippen LogP contribution is 2.30. The van der Waals surface area contributed by atoms with Crippen molar-refractivity contribution >= 4 is 34.1 Å². The fraction of sp³-hybridized carbons (Fsp3) is 0.455. The van der Waals surface area contributed by atoms with Crippen LogP contribution in [0.4, 0.5) is 5.13 Å². The van der Waals surface area contributed by atoms with E-state index in [1.54, 1.807) is 0 Å². The second-order valence-corrected chi connectivity index (χ2v) is 9.39. The highest BCUT2D eigenvalue weighted by molar-refractivity contribution is 7.99. The van der Waals surface area contributed by atoms with Gasteiger partial charge in [-0.1, -0.05) is 74.7 Å². The molecule has 0 spiro atoms. The number of hydrogen-bond acceptors (Lipinski definition) is 6. The summed E-state index contributed by atoms with van der Waals surface area (Å²) in [5.74, 6) is 1.18. The summed E-state index contributed by atoms with van der Waals surface area (Å²) in [6.07, 6.45) is 7.11. The van der Waals surface area contributed by atoms with Crippen molar-refractivity contribution in [2.45, 2.75) is 57.5 Å². The summed E-state index contributed by atoms with van der Waals surface area (Å²) in [5, 5.41) is 12.9. The van der Waals surface area contributed by atoms with Gasteiger partial charge in [-0.25, -0.2) is 4.98 Å². The predicted octanol–water partition coefficient (Wildman–Crippen LogP) is 5.49. The molecule has 0 radical (unpaired) electrons. The van der Waals surface area contributed by atoms with Gasteiger partial charge in [0.25, 0.3) is 0 Å². The second-order valence-electron chi connectivity index (χ2n) is 7.25. The van der Waals surface area contributed by atoms with E-state index in [1.165, 1.54) is 48.8 Å². The molecule has 0 aliphatic rings. The van der Waals surface area contributed by atoms with Crippen molar-refractivity contribution in [1.82, 2.24) is 19.7 Å². The maximum absolute atomic E-state index is 12.4. The first kappa shape index (κ1) is 22.5. The summed E-state index contributed by atoms with van der Waals surface area (Å²) in [5.41, 5.74) is 1.97. The van der Waals surface area contributed by atoms with Crippen molar-refractivity contribution in [3.8, 4) is 11.3 Å². The Bertz CT molecular complexity index is 952. The third kappa shape index (κ3) is 6.15. The van der Waals surface area contributed by atoms with Gasteiger partial charge in [-0.3, -0.25) is 4.79 Å². The molecule has 0 saturated heterocycles. The fourth-order valence-corrected chi connectivity index (χ4v) is 4.76. The first-order valence-electron chi connectivity index (χ1n) is 10.4. The van der Waals surface area contributed by atoms with E-state index in [9.17, 15) is 4.79 Å². The van der Waals surface area contributed by atoms with Gasteiger partial charge in [0, 0.05) is 23.9 Å². The molecular weight excluding hydrogens is 414 g/mol. The van der Waals surface area contributed by atoms with E-state index in [2.05, 4.69) is 27.4 Å². The molecule has 0 atom stereocenters. The van der Waals surface area contributed by atoms with E-state index >= 15 is 0 Å². The number of aromatic nitrogens is 4. The average Bonchev–Trinajstić information content (AvgIpc) is 3.29. The van der Waals surface area contributed by atoms with Gasteiger partial charge in [0.2, 0.25) is 5.91 Å². The van der Waals surface area contributed by atoms with E-state index in [-0.39, 0.29) is 11.7 Å². The van der Waals surface area contributed by atoms with E-state index in [4.69, 9.17) is 0 Å². The molecule has 0 aliphatic carbocycles. The molecule has 3 rings (SSSR count). The molecule has 8 heteroatoms. The molecule has 0 bridgehead atoms. The monoisotopic (exact) mass is 443 g/mol. The van der Waals surface area contributed by atoms with Crippen molar-refractivity contribution in [1.29, 1.82) is 0 Å². The van der Waals surface area contributed by atoms with Gasteiger partial charge < -0.3 is 9.88 Å². The number of amides is 1. The van der Waals surface area contributed by atoms with Gasteiger partial charge in [-0.05, 0) is 13.3 Å². The van der Waals surface area contributed by atoms with Crippen LogP contribution in [0.1, 0.15) is 49.7 Å². The number of aryl methyl sites for hydroxylation is 2. The molecule has 2 aromatic heterocycles. The Morgan fingerprint density at radius 1 is 1.13 bits per heavy atom. The van der Waals surface area contributed by atoms with E-state index in [0.29, 0.717) is 5.13 Å². The lowest BCUT2D eigenvalue weighted by Gasteiger charge is -2.04. The summed E-state index contributed by atoms with van der Waals surface area (Å²) in [4.78, 5) is 18.1. The van der Waals surface area contributed by atoms with Crippen LogP contribution in [0.15, 0.2) is 35.5 Å². The largest absolute Gasteiger partial charge is 0.309 e. The first-order chi connectivity index (χ1) is 14.6. The molecule has 0 unspecified atom stereocenters. The van der Waals surface area contributed by atoms with Crippen LogP contribution in [0.25, 0.3) is 11.3 Å². The fourth-order valence-electron chi connectivity index (χ4n) is 3.17. The molecule has 160 valence electrons. The molecule has 30 heavy (non-hydrogen) atoms. The number of anilines is 1. The molecule has 2 heterocycles. The zero-order valence-corrected chi connectivity index (χ0v) is 19.5. The van der Waals surface area contributed by atoms with Crippen molar-refractivity contribution in [2.75, 3.05) is 11.1 Å². The Morgan fingerprint density at radius 3 is 2.67 bits per heavy atom. The van der Waals surface area contributed by atoms with Gasteiger partial charge in [-0.2, -0.15) is 0 Å². The number of nitrogens with zero attached hydrogens (tertiary/aromatic N) is 4. The number of carbonyl (C=O) groups excluding carboxylic acids is 1. The Hall–Kier alpha value is -2.19. The zero-order valence-electron chi connectivity index (χ0n) is 17.9. The molecule has 1 aromatic carbocycles. The molecule has 0 saturated carbocycles. The van der Waals surface area contributed by atoms with Crippen LogP contribution >= 0.6 is 23.1 Å². The van der Waals surface area contributed by atoms with Crippen molar-refractivity contribution in [2.24, 2.45) is 7.05 Å². The zero-order chi connectivity index (χ0) is 21.3. The van der Waals surface area contributed by atoms with Gasteiger partial charge >= 0.3 is 0 Å². The number of hydrogen-bond donors (Lipinski definition) is 1. The SMILES string of the molecule is CCCCCCCc1nnc(SCC(=O)Nc2nc(-c3ccccc3)c(C)s2)n1C. The third-order valence-corrected chi connectivity index (χ3v) is 6.76. The van der Waals surface area contributed by atoms with Crippen molar-refractivity contribution in [3.63, 3.8) is 0 Å². The maximum atomic E-state index is 12.4. The average molecular weight is 444 g/mol. The summed E-state index contributed by atoms with van der Waals surface area (Å²) in [7, 11) is 1.97. The third-order valence-electron chi connectivity index (χ3n) is 4.85. The number of thiazole rings is 1. The Kier molecular flexibility index (Phi) is 8.45. The van der Waals surface area contributed by atoms with Crippen LogP contribution in [0, 0.1) is 6.92 Å². The quantitative estimate of drug-likeness (QED) is 0.313. The molecule has 1 amide bonds. The lowest BCUT2D eigenvalue weighted by atomic mass is 10.1. The van der Waals surface area contributed by atoms with Crippen LogP contribution in [0.2, 0.25) is 0 Å². The highest BCUT2D eigenvalue weighted by Gasteiger charge is 2.14. The van der Waals surface area contributed by atoms with Crippen LogP contribution in [-0.4, -0.2) is 31.4 Å². The highest BCUT2D eigenvalue weighted by atomic mass is 32.2. The molecule has 0 fully saturated rings. The summed E-state index contributed by atoms with van der Waals surface area (Å²) < 4.78 is 2.00. The number of nitrogens with one attached hydrogen (secondary N) is 1. The minimum Gasteiger partial charge on any atom is -0.309 e. The molecule has 0 aliphatic heterocycles. The summed E-state index contributed by atoms with van der Waals surface area (Å²) in [6.45, 7) is 4.24. The Labute approximate surface area is 186 Å². The predicted molar refractivity (Wildman–Crippen MR) is 125 cm³/mol. The minimum absolute atomic E-state index is 0.0857. The maximum Gasteiger partial charge on any atom is 0.236 e. The van der Waals surface area contributed by atoms with E-state index < -0.39 is 0 Å². The van der Waals surface area contributed by atoms with Crippen LogP contribution in [0.5, 0.6) is 0 Å². The van der Waals surface area contributed by atoms with Crippen molar-refractivity contribution in [3.05, 3.63) is 41.0 Å². The summed E-state index contributed by atoms with van der Waals surface area (Å²) >= 11 is 2.90. The molecule has 6 nitrogen and oxygen atoms in total. The normalized spacial score (nSPS) is 11.0. The van der Waals surface area contributed by atoms with Gasteiger partial charge in [0.05, 0.1) is 11.4 Å². The smallest absolute Gasteiger partial charge is 0.236 e. The molecule has 3 aromatic rings. The van der Waals surface area contributed by atoms with Gasteiger partial charge in [0.1, 0.15) is 5.82 Å². The van der Waals surface area contributed by atoms with Gasteiger partial charge in [-0.15, -0.1) is 21.5 Å². The molecular formula is C22H29N5OS2. The number of benzene rings is 1. The number of thioether (sulfide) groups is 1. The minimum atomic E-state index is -0.0857. The second kappa shape index (κ2) is 11.3. The molecule has 1 N–H and O–H groups in total. The lowest BCUT2D eigenvalue weighted by Crippen LogP contribution is -2.14. The van der Waals surface area contributed by atoms with E-state index in [0.717, 1.165) is 40.0 Å². The van der Waals surface area contributed by atoms with Crippen LogP contribution < -0.4 is 5.32 Å². The van der Waals surface area contributed by atoms with Crippen LogP contribution in [-0.2, 0) is 18.3 Å². The summed E-state index contributed by atoms with van der Waals surface area (Å²) in [6, 6.07) is 10.0. The Morgan fingerprint density at radius 2 is 1.90 bits per heavy atom. The number of carbonyl (C=O) groups is 1. The van der Waals surface area contributed by atoms with Crippen LogP contribution in [0.3, 0.4) is 0 Å². The van der Waals surface area contributed by atoms with E-state index in [1.807, 2.05) is 48.9 Å².